The number of benzene rings is 1. The van der Waals surface area contributed by atoms with Crippen LogP contribution in [0.3, 0.4) is 0 Å². The third-order valence-electron chi connectivity index (χ3n) is 5.25. The van der Waals surface area contributed by atoms with Crippen LogP contribution >= 0.6 is 0 Å². The second-order valence-corrected chi connectivity index (χ2v) is 7.28. The molecular formula is C19H24N6O2. The maximum Gasteiger partial charge on any atom is 0.329 e. The number of hydrogen-bond donors (Lipinski definition) is 2. The van der Waals surface area contributed by atoms with Gasteiger partial charge in [-0.2, -0.15) is 4.98 Å². The molecule has 3 aromatic rings. The lowest BCUT2D eigenvalue weighted by atomic mass is 10.00. The highest BCUT2D eigenvalue weighted by Crippen LogP contribution is 2.19. The molecule has 0 bridgehead atoms. The van der Waals surface area contributed by atoms with Crippen molar-refractivity contribution >= 4 is 17.1 Å². The minimum atomic E-state index is -0.461. The summed E-state index contributed by atoms with van der Waals surface area (Å²) < 4.78 is 3.06. The molecule has 0 saturated carbocycles. The van der Waals surface area contributed by atoms with Gasteiger partial charge in [0.15, 0.2) is 11.2 Å². The number of aryl methyl sites for hydroxylation is 2. The topological polar surface area (TPSA) is 88.0 Å². The molecule has 0 amide bonds. The van der Waals surface area contributed by atoms with Crippen molar-refractivity contribution in [1.82, 2.24) is 24.0 Å². The molecule has 8 heteroatoms. The SMILES string of the molecule is CC(CN1CCc2ccccc2C1)Nc1nc2c(c(=O)[nH]c(=O)n2C)n1C. The normalized spacial score (nSPS) is 15.7. The molecule has 4 rings (SSSR count). The molecule has 0 radical (unpaired) electrons. The Morgan fingerprint density at radius 1 is 1.19 bits per heavy atom. The van der Waals surface area contributed by atoms with E-state index in [1.807, 2.05) is 0 Å². The second kappa shape index (κ2) is 6.70. The van der Waals surface area contributed by atoms with E-state index < -0.39 is 11.2 Å². The van der Waals surface area contributed by atoms with Gasteiger partial charge in [-0.1, -0.05) is 24.3 Å². The van der Waals surface area contributed by atoms with Crippen molar-refractivity contribution in [2.75, 3.05) is 18.4 Å². The van der Waals surface area contributed by atoms with Gasteiger partial charge < -0.3 is 9.88 Å². The van der Waals surface area contributed by atoms with Crippen molar-refractivity contribution in [3.63, 3.8) is 0 Å². The smallest absolute Gasteiger partial charge is 0.329 e. The maximum absolute atomic E-state index is 12.1. The molecule has 0 saturated heterocycles. The number of nitrogens with zero attached hydrogens (tertiary/aromatic N) is 4. The summed E-state index contributed by atoms with van der Waals surface area (Å²) in [5.74, 6) is 0.585. The lowest BCUT2D eigenvalue weighted by molar-refractivity contribution is 0.247. The first-order valence-electron chi connectivity index (χ1n) is 9.15. The molecule has 0 aliphatic carbocycles. The molecule has 1 aliphatic rings. The molecule has 0 fully saturated rings. The van der Waals surface area contributed by atoms with E-state index in [2.05, 4.69) is 51.4 Å². The molecule has 1 aromatic carbocycles. The van der Waals surface area contributed by atoms with E-state index in [0.717, 1.165) is 26.1 Å². The van der Waals surface area contributed by atoms with Crippen LogP contribution in [0.25, 0.3) is 11.2 Å². The van der Waals surface area contributed by atoms with Crippen molar-refractivity contribution in [3.05, 3.63) is 56.2 Å². The third kappa shape index (κ3) is 3.16. The van der Waals surface area contributed by atoms with Crippen LogP contribution in [0.2, 0.25) is 0 Å². The van der Waals surface area contributed by atoms with Crippen molar-refractivity contribution in [2.24, 2.45) is 14.1 Å². The van der Waals surface area contributed by atoms with Crippen molar-refractivity contribution < 1.29 is 0 Å². The highest BCUT2D eigenvalue weighted by Gasteiger charge is 2.20. The molecule has 8 nitrogen and oxygen atoms in total. The van der Waals surface area contributed by atoms with Gasteiger partial charge in [-0.05, 0) is 24.5 Å². The Morgan fingerprint density at radius 3 is 2.70 bits per heavy atom. The van der Waals surface area contributed by atoms with Gasteiger partial charge in [0.2, 0.25) is 5.95 Å². The Labute approximate surface area is 156 Å². The van der Waals surface area contributed by atoms with Gasteiger partial charge >= 0.3 is 5.69 Å². The lowest BCUT2D eigenvalue weighted by Crippen LogP contribution is -2.38. The fourth-order valence-electron chi connectivity index (χ4n) is 3.80. The highest BCUT2D eigenvalue weighted by atomic mass is 16.2. The van der Waals surface area contributed by atoms with E-state index >= 15 is 0 Å². The van der Waals surface area contributed by atoms with Gasteiger partial charge in [0.1, 0.15) is 0 Å². The monoisotopic (exact) mass is 368 g/mol. The molecule has 1 unspecified atom stereocenters. The molecule has 1 atom stereocenters. The van der Waals surface area contributed by atoms with E-state index in [1.165, 1.54) is 15.7 Å². The minimum absolute atomic E-state index is 0.141. The Balaban J connectivity index is 1.52. The van der Waals surface area contributed by atoms with Gasteiger partial charge in [-0.3, -0.25) is 19.2 Å². The summed E-state index contributed by atoms with van der Waals surface area (Å²) in [6.45, 7) is 4.94. The number of rotatable bonds is 4. The molecule has 2 N–H and O–H groups in total. The van der Waals surface area contributed by atoms with Crippen LogP contribution in [0, 0.1) is 0 Å². The van der Waals surface area contributed by atoms with Gasteiger partial charge in [-0.15, -0.1) is 0 Å². The summed E-state index contributed by atoms with van der Waals surface area (Å²) >= 11 is 0. The number of aromatic amines is 1. The number of anilines is 1. The summed E-state index contributed by atoms with van der Waals surface area (Å²) in [6.07, 6.45) is 1.06. The Bertz CT molecular complexity index is 1110. The van der Waals surface area contributed by atoms with E-state index in [4.69, 9.17) is 0 Å². The van der Waals surface area contributed by atoms with Gasteiger partial charge in [0.25, 0.3) is 5.56 Å². The molecular weight excluding hydrogens is 344 g/mol. The van der Waals surface area contributed by atoms with Crippen LogP contribution in [0.5, 0.6) is 0 Å². The molecule has 2 aromatic heterocycles. The van der Waals surface area contributed by atoms with Crippen LogP contribution in [-0.4, -0.2) is 43.1 Å². The van der Waals surface area contributed by atoms with Crippen molar-refractivity contribution in [2.45, 2.75) is 25.9 Å². The molecule has 142 valence electrons. The number of hydrogen-bond acceptors (Lipinski definition) is 5. The average Bonchev–Trinajstić information content (AvgIpc) is 2.96. The first-order valence-corrected chi connectivity index (χ1v) is 9.15. The average molecular weight is 368 g/mol. The van der Waals surface area contributed by atoms with E-state index in [9.17, 15) is 9.59 Å². The van der Waals surface area contributed by atoms with Crippen LogP contribution in [0.4, 0.5) is 5.95 Å². The van der Waals surface area contributed by atoms with Crippen LogP contribution in [0.1, 0.15) is 18.1 Å². The van der Waals surface area contributed by atoms with E-state index in [1.54, 1.807) is 18.7 Å². The van der Waals surface area contributed by atoms with Crippen molar-refractivity contribution in [1.29, 1.82) is 0 Å². The van der Waals surface area contributed by atoms with Gasteiger partial charge in [0, 0.05) is 39.8 Å². The predicted molar refractivity (Wildman–Crippen MR) is 105 cm³/mol. The van der Waals surface area contributed by atoms with Crippen LogP contribution < -0.4 is 16.6 Å². The van der Waals surface area contributed by atoms with Crippen LogP contribution in [0.15, 0.2) is 33.9 Å². The third-order valence-corrected chi connectivity index (χ3v) is 5.25. The summed E-state index contributed by atoms with van der Waals surface area (Å²) in [5.41, 5.74) is 2.71. The first-order chi connectivity index (χ1) is 12.9. The summed E-state index contributed by atoms with van der Waals surface area (Å²) in [4.78, 5) is 33.2. The molecule has 1 aliphatic heterocycles. The van der Waals surface area contributed by atoms with E-state index in [-0.39, 0.29) is 6.04 Å². The first kappa shape index (κ1) is 17.5. The quantitative estimate of drug-likeness (QED) is 0.712. The predicted octanol–water partition coefficient (Wildman–Crippen LogP) is 0.819. The van der Waals surface area contributed by atoms with E-state index in [0.29, 0.717) is 17.1 Å². The molecule has 27 heavy (non-hydrogen) atoms. The molecule has 3 heterocycles. The largest absolute Gasteiger partial charge is 0.352 e. The Hall–Kier alpha value is -2.87. The number of H-pyrrole nitrogens is 1. The lowest BCUT2D eigenvalue weighted by Gasteiger charge is -2.31. The zero-order chi connectivity index (χ0) is 19.1. The zero-order valence-electron chi connectivity index (χ0n) is 15.8. The standard InChI is InChI=1S/C19H24N6O2/c1-12(10-25-9-8-13-6-4-5-7-14(13)11-25)20-18-21-16-15(23(18)2)17(26)22-19(27)24(16)3/h4-7,12H,8-11H2,1-3H3,(H,20,21)(H,22,26,27). The minimum Gasteiger partial charge on any atom is -0.352 e. The highest BCUT2D eigenvalue weighted by molar-refractivity contribution is 5.73. The summed E-state index contributed by atoms with van der Waals surface area (Å²) in [7, 11) is 3.38. The maximum atomic E-state index is 12.1. The van der Waals surface area contributed by atoms with Gasteiger partial charge in [-0.25, -0.2) is 4.79 Å². The summed E-state index contributed by atoms with van der Waals surface area (Å²) in [6, 6.07) is 8.72. The van der Waals surface area contributed by atoms with Crippen LogP contribution in [-0.2, 0) is 27.1 Å². The Kier molecular flexibility index (Phi) is 4.35. The summed E-state index contributed by atoms with van der Waals surface area (Å²) in [5, 5.41) is 3.39. The number of imidazole rings is 1. The second-order valence-electron chi connectivity index (χ2n) is 7.28. The zero-order valence-corrected chi connectivity index (χ0v) is 15.8. The number of aromatic nitrogens is 4. The van der Waals surface area contributed by atoms with Crippen molar-refractivity contribution in [3.8, 4) is 0 Å². The number of nitrogens with one attached hydrogen (secondary N) is 2. The van der Waals surface area contributed by atoms with Gasteiger partial charge in [0.05, 0.1) is 0 Å². The molecule has 0 spiro atoms. The fraction of sp³-hybridized carbons (Fsp3) is 0.421. The number of fused-ring (bicyclic) bond motifs is 2. The fourth-order valence-corrected chi connectivity index (χ4v) is 3.80. The Morgan fingerprint density at radius 2 is 1.93 bits per heavy atom.